The van der Waals surface area contributed by atoms with E-state index in [0.717, 1.165) is 0 Å². The lowest BCUT2D eigenvalue weighted by Crippen LogP contribution is -2.44. The minimum absolute atomic E-state index is 0.312. The Kier molecular flexibility index (Phi) is 2.84. The first-order valence-electron chi connectivity index (χ1n) is 3.74. The van der Waals surface area contributed by atoms with Crippen molar-refractivity contribution in [3.8, 4) is 0 Å². The van der Waals surface area contributed by atoms with Crippen molar-refractivity contribution in [3.63, 3.8) is 0 Å². The zero-order valence-electron chi connectivity index (χ0n) is 6.58. The quantitative estimate of drug-likeness (QED) is 0.524. The van der Waals surface area contributed by atoms with Crippen molar-refractivity contribution >= 4 is 5.91 Å². The molecule has 1 rings (SSSR count). The fourth-order valence-electron chi connectivity index (χ4n) is 1.04. The fraction of sp³-hybridized carbons (Fsp3) is 0.857. The molecule has 1 atom stereocenters. The van der Waals surface area contributed by atoms with Crippen LogP contribution in [0.25, 0.3) is 0 Å². The van der Waals surface area contributed by atoms with Gasteiger partial charge in [-0.05, 0) is 6.92 Å². The number of carbonyl (C=O) groups is 1. The molecule has 1 radical (unpaired) electrons. The van der Waals surface area contributed by atoms with E-state index in [2.05, 4.69) is 0 Å². The molecule has 0 aliphatic carbocycles. The minimum Gasteiger partial charge on any atom is -0.378 e. The van der Waals surface area contributed by atoms with Crippen molar-refractivity contribution in [2.45, 2.75) is 13.0 Å². The maximum Gasteiger partial charge on any atom is 0.254 e. The molecule has 0 aromatic rings. The Bertz CT molecular complexity index is 141. The summed E-state index contributed by atoms with van der Waals surface area (Å²) < 4.78 is 5.03. The summed E-state index contributed by atoms with van der Waals surface area (Å²) in [7, 11) is 0. The van der Waals surface area contributed by atoms with Crippen LogP contribution in [-0.4, -0.2) is 43.2 Å². The number of hydrogen-bond acceptors (Lipinski definition) is 2. The number of ether oxygens (including phenoxy) is 1. The van der Waals surface area contributed by atoms with Crippen molar-refractivity contribution < 1.29 is 14.6 Å². The molecule has 1 aliphatic heterocycles. The first-order valence-corrected chi connectivity index (χ1v) is 3.74. The molecule has 0 aromatic carbocycles. The number of rotatable bonds is 1. The average molecular weight is 158 g/mol. The first kappa shape index (κ1) is 8.49. The molecule has 4 heteroatoms. The molecule has 63 valence electrons. The molecular weight excluding hydrogens is 146 g/mol. The highest BCUT2D eigenvalue weighted by molar-refractivity contribution is 5.80. The Hall–Kier alpha value is -0.610. The van der Waals surface area contributed by atoms with Gasteiger partial charge in [0, 0.05) is 13.1 Å². The Labute approximate surface area is 65.8 Å². The lowest BCUT2D eigenvalue weighted by atomic mass is 10.3. The van der Waals surface area contributed by atoms with Gasteiger partial charge in [-0.25, -0.2) is 5.11 Å². The molecule has 0 spiro atoms. The minimum atomic E-state index is -1.13. The highest BCUT2D eigenvalue weighted by atomic mass is 16.5. The first-order chi connectivity index (χ1) is 5.22. The molecule has 1 fully saturated rings. The van der Waals surface area contributed by atoms with Gasteiger partial charge in [0.25, 0.3) is 5.91 Å². The van der Waals surface area contributed by atoms with Crippen molar-refractivity contribution in [3.05, 3.63) is 0 Å². The topological polar surface area (TPSA) is 49.4 Å². The third-order valence-electron chi connectivity index (χ3n) is 1.67. The van der Waals surface area contributed by atoms with Crippen LogP contribution in [0.4, 0.5) is 0 Å². The molecule has 1 aliphatic rings. The average Bonchev–Trinajstić information content (AvgIpc) is 2.05. The van der Waals surface area contributed by atoms with E-state index in [0.29, 0.717) is 26.3 Å². The van der Waals surface area contributed by atoms with Gasteiger partial charge in [0.05, 0.1) is 13.2 Å². The highest BCUT2D eigenvalue weighted by Crippen LogP contribution is 1.99. The Morgan fingerprint density at radius 1 is 1.45 bits per heavy atom. The number of hydrogen-bond donors (Lipinski definition) is 0. The molecule has 0 aromatic heterocycles. The Balaban J connectivity index is 2.39. The van der Waals surface area contributed by atoms with E-state index in [-0.39, 0.29) is 5.91 Å². The summed E-state index contributed by atoms with van der Waals surface area (Å²) in [5.41, 5.74) is 0. The van der Waals surface area contributed by atoms with Crippen LogP contribution >= 0.6 is 0 Å². The Morgan fingerprint density at radius 3 is 2.45 bits per heavy atom. The van der Waals surface area contributed by atoms with E-state index >= 15 is 0 Å². The number of carbonyl (C=O) groups excluding carboxylic acids is 1. The van der Waals surface area contributed by atoms with Gasteiger partial charge < -0.3 is 9.64 Å². The van der Waals surface area contributed by atoms with Gasteiger partial charge in [-0.3, -0.25) is 4.79 Å². The monoisotopic (exact) mass is 158 g/mol. The van der Waals surface area contributed by atoms with Crippen LogP contribution in [0.5, 0.6) is 0 Å². The molecule has 4 nitrogen and oxygen atoms in total. The molecule has 1 heterocycles. The van der Waals surface area contributed by atoms with E-state index in [1.54, 1.807) is 4.90 Å². The van der Waals surface area contributed by atoms with Crippen LogP contribution < -0.4 is 0 Å². The SMILES string of the molecule is CC([O])C(=O)N1CCOCC1. The molecular formula is C7H12NO3. The van der Waals surface area contributed by atoms with E-state index in [4.69, 9.17) is 4.74 Å². The second-order valence-electron chi connectivity index (χ2n) is 2.58. The van der Waals surface area contributed by atoms with E-state index in [1.807, 2.05) is 0 Å². The van der Waals surface area contributed by atoms with Gasteiger partial charge in [-0.15, -0.1) is 0 Å². The normalized spacial score (nSPS) is 21.5. The molecule has 0 bridgehead atoms. The predicted octanol–water partition coefficient (Wildman–Crippen LogP) is -0.336. The number of morpholine rings is 1. The smallest absolute Gasteiger partial charge is 0.254 e. The summed E-state index contributed by atoms with van der Waals surface area (Å²) in [5, 5.41) is 10.7. The molecule has 1 amide bonds. The summed E-state index contributed by atoms with van der Waals surface area (Å²) >= 11 is 0. The van der Waals surface area contributed by atoms with Crippen LogP contribution in [0.2, 0.25) is 0 Å². The van der Waals surface area contributed by atoms with Gasteiger partial charge >= 0.3 is 0 Å². The predicted molar refractivity (Wildman–Crippen MR) is 37.5 cm³/mol. The van der Waals surface area contributed by atoms with Crippen molar-refractivity contribution in [2.75, 3.05) is 26.3 Å². The fourth-order valence-corrected chi connectivity index (χ4v) is 1.04. The van der Waals surface area contributed by atoms with E-state index < -0.39 is 6.10 Å². The zero-order chi connectivity index (χ0) is 8.27. The Morgan fingerprint density at radius 2 is 2.00 bits per heavy atom. The standard InChI is InChI=1S/C7H12NO3/c1-6(9)7(10)8-2-4-11-5-3-8/h6H,2-5H2,1H3. The van der Waals surface area contributed by atoms with Gasteiger partial charge in [-0.2, -0.15) is 0 Å². The summed E-state index contributed by atoms with van der Waals surface area (Å²) in [4.78, 5) is 12.6. The highest BCUT2D eigenvalue weighted by Gasteiger charge is 2.21. The van der Waals surface area contributed by atoms with Gasteiger partial charge in [0.1, 0.15) is 0 Å². The third kappa shape index (κ3) is 2.17. The van der Waals surface area contributed by atoms with Crippen LogP contribution in [0.1, 0.15) is 6.92 Å². The molecule has 0 N–H and O–H groups in total. The van der Waals surface area contributed by atoms with Crippen LogP contribution in [0.3, 0.4) is 0 Å². The maximum atomic E-state index is 11.1. The maximum absolute atomic E-state index is 11.1. The van der Waals surface area contributed by atoms with E-state index in [1.165, 1.54) is 6.92 Å². The molecule has 11 heavy (non-hydrogen) atoms. The lowest BCUT2D eigenvalue weighted by molar-refractivity contribution is -0.146. The van der Waals surface area contributed by atoms with Gasteiger partial charge in [-0.1, -0.05) is 0 Å². The van der Waals surface area contributed by atoms with Crippen molar-refractivity contribution in [2.24, 2.45) is 0 Å². The summed E-state index contributed by atoms with van der Waals surface area (Å²) in [6, 6.07) is 0. The van der Waals surface area contributed by atoms with Crippen LogP contribution in [-0.2, 0) is 14.6 Å². The van der Waals surface area contributed by atoms with Crippen LogP contribution in [0.15, 0.2) is 0 Å². The van der Waals surface area contributed by atoms with Crippen LogP contribution in [0, 0.1) is 0 Å². The second kappa shape index (κ2) is 3.69. The zero-order valence-corrected chi connectivity index (χ0v) is 6.58. The summed E-state index contributed by atoms with van der Waals surface area (Å²) in [5.74, 6) is -0.312. The summed E-state index contributed by atoms with van der Waals surface area (Å²) in [6.07, 6.45) is -1.13. The van der Waals surface area contributed by atoms with Gasteiger partial charge in [0.2, 0.25) is 0 Å². The second-order valence-corrected chi connectivity index (χ2v) is 2.58. The number of nitrogens with zero attached hydrogens (tertiary/aromatic N) is 1. The van der Waals surface area contributed by atoms with Crippen molar-refractivity contribution in [1.82, 2.24) is 4.90 Å². The van der Waals surface area contributed by atoms with E-state index in [9.17, 15) is 9.90 Å². The number of amides is 1. The molecule has 1 saturated heterocycles. The van der Waals surface area contributed by atoms with Gasteiger partial charge in [0.15, 0.2) is 6.10 Å². The molecule has 0 saturated carbocycles. The largest absolute Gasteiger partial charge is 0.378 e. The lowest BCUT2D eigenvalue weighted by Gasteiger charge is -2.27. The third-order valence-corrected chi connectivity index (χ3v) is 1.67. The summed E-state index contributed by atoms with van der Waals surface area (Å²) in [6.45, 7) is 3.60. The molecule has 1 unspecified atom stereocenters. The van der Waals surface area contributed by atoms with Crippen molar-refractivity contribution in [1.29, 1.82) is 0 Å².